The van der Waals surface area contributed by atoms with E-state index < -0.39 is 0 Å². The highest BCUT2D eigenvalue weighted by molar-refractivity contribution is 5.55. The SMILES string of the molecule is CC(C)CN(c1c(F)cccc1CCN)C(C)C. The molecule has 0 aliphatic heterocycles. The van der Waals surface area contributed by atoms with Crippen LogP contribution in [-0.4, -0.2) is 19.1 Å². The van der Waals surface area contributed by atoms with Crippen molar-refractivity contribution in [2.24, 2.45) is 11.7 Å². The zero-order valence-electron chi connectivity index (χ0n) is 11.9. The molecule has 1 aromatic rings. The Morgan fingerprint density at radius 2 is 1.89 bits per heavy atom. The number of hydrogen-bond donors (Lipinski definition) is 1. The summed E-state index contributed by atoms with van der Waals surface area (Å²) in [6.45, 7) is 9.90. The van der Waals surface area contributed by atoms with Crippen LogP contribution in [0.5, 0.6) is 0 Å². The molecule has 0 radical (unpaired) electrons. The van der Waals surface area contributed by atoms with Crippen molar-refractivity contribution in [1.29, 1.82) is 0 Å². The fraction of sp³-hybridized carbons (Fsp3) is 0.600. The summed E-state index contributed by atoms with van der Waals surface area (Å²) >= 11 is 0. The molecule has 0 unspecified atom stereocenters. The normalized spacial score (nSPS) is 11.3. The summed E-state index contributed by atoms with van der Waals surface area (Å²) in [6.07, 6.45) is 0.717. The number of para-hydroxylation sites is 1. The van der Waals surface area contributed by atoms with Gasteiger partial charge in [-0.25, -0.2) is 4.39 Å². The van der Waals surface area contributed by atoms with Gasteiger partial charge in [-0.05, 0) is 44.4 Å². The van der Waals surface area contributed by atoms with E-state index in [0.29, 0.717) is 18.9 Å². The van der Waals surface area contributed by atoms with Crippen molar-refractivity contribution in [2.75, 3.05) is 18.0 Å². The summed E-state index contributed by atoms with van der Waals surface area (Å²) in [5, 5.41) is 0. The van der Waals surface area contributed by atoms with Gasteiger partial charge >= 0.3 is 0 Å². The van der Waals surface area contributed by atoms with Gasteiger partial charge in [-0.3, -0.25) is 0 Å². The summed E-state index contributed by atoms with van der Waals surface area (Å²) < 4.78 is 14.2. The van der Waals surface area contributed by atoms with E-state index in [1.54, 1.807) is 6.07 Å². The van der Waals surface area contributed by atoms with E-state index in [4.69, 9.17) is 5.73 Å². The molecule has 0 fully saturated rings. The van der Waals surface area contributed by atoms with Crippen LogP contribution in [0.4, 0.5) is 10.1 Å². The van der Waals surface area contributed by atoms with E-state index in [1.807, 2.05) is 6.07 Å². The molecular weight excluding hydrogens is 227 g/mol. The van der Waals surface area contributed by atoms with E-state index in [-0.39, 0.29) is 11.9 Å². The maximum Gasteiger partial charge on any atom is 0.146 e. The average Bonchev–Trinajstić information content (AvgIpc) is 2.27. The van der Waals surface area contributed by atoms with Crippen LogP contribution in [0.1, 0.15) is 33.3 Å². The lowest BCUT2D eigenvalue weighted by Gasteiger charge is -2.32. The van der Waals surface area contributed by atoms with Crippen LogP contribution < -0.4 is 10.6 Å². The van der Waals surface area contributed by atoms with Gasteiger partial charge in [0.05, 0.1) is 5.69 Å². The van der Waals surface area contributed by atoms with Gasteiger partial charge in [0.1, 0.15) is 5.82 Å². The number of benzene rings is 1. The molecule has 3 heteroatoms. The third-order valence-electron chi connectivity index (χ3n) is 2.96. The molecule has 18 heavy (non-hydrogen) atoms. The monoisotopic (exact) mass is 252 g/mol. The van der Waals surface area contributed by atoms with E-state index in [1.165, 1.54) is 6.07 Å². The topological polar surface area (TPSA) is 29.3 Å². The summed E-state index contributed by atoms with van der Waals surface area (Å²) in [5.41, 5.74) is 7.35. The zero-order chi connectivity index (χ0) is 13.7. The fourth-order valence-electron chi connectivity index (χ4n) is 2.19. The largest absolute Gasteiger partial charge is 0.366 e. The molecule has 0 atom stereocenters. The van der Waals surface area contributed by atoms with Crippen molar-refractivity contribution in [1.82, 2.24) is 0 Å². The highest BCUT2D eigenvalue weighted by Crippen LogP contribution is 2.27. The summed E-state index contributed by atoms with van der Waals surface area (Å²) in [6, 6.07) is 5.55. The van der Waals surface area contributed by atoms with Gasteiger partial charge in [0.15, 0.2) is 0 Å². The van der Waals surface area contributed by atoms with Crippen molar-refractivity contribution < 1.29 is 4.39 Å². The van der Waals surface area contributed by atoms with Crippen LogP contribution >= 0.6 is 0 Å². The Morgan fingerprint density at radius 1 is 1.22 bits per heavy atom. The molecule has 0 saturated carbocycles. The van der Waals surface area contributed by atoms with Crippen LogP contribution in [-0.2, 0) is 6.42 Å². The standard InChI is InChI=1S/C15H25FN2/c1-11(2)10-18(12(3)4)15-13(8-9-17)6-5-7-14(15)16/h5-7,11-12H,8-10,17H2,1-4H3. The van der Waals surface area contributed by atoms with E-state index in [0.717, 1.165) is 17.8 Å². The molecule has 0 amide bonds. The molecular formula is C15H25FN2. The van der Waals surface area contributed by atoms with Crippen molar-refractivity contribution in [3.05, 3.63) is 29.6 Å². The van der Waals surface area contributed by atoms with Gasteiger partial charge in [-0.2, -0.15) is 0 Å². The quantitative estimate of drug-likeness (QED) is 0.842. The number of anilines is 1. The lowest BCUT2D eigenvalue weighted by Crippen LogP contribution is -2.35. The Balaban J connectivity index is 3.16. The van der Waals surface area contributed by atoms with Crippen molar-refractivity contribution in [3.8, 4) is 0 Å². The molecule has 1 aromatic carbocycles. The molecule has 0 aromatic heterocycles. The van der Waals surface area contributed by atoms with Gasteiger partial charge < -0.3 is 10.6 Å². The fourth-order valence-corrected chi connectivity index (χ4v) is 2.19. The third-order valence-corrected chi connectivity index (χ3v) is 2.96. The predicted octanol–water partition coefficient (Wildman–Crippen LogP) is 3.20. The average molecular weight is 252 g/mol. The second-order valence-corrected chi connectivity index (χ2v) is 5.43. The second kappa shape index (κ2) is 6.74. The first-order valence-corrected chi connectivity index (χ1v) is 6.71. The minimum Gasteiger partial charge on any atom is -0.366 e. The minimum absolute atomic E-state index is 0.143. The Bertz CT molecular complexity index is 375. The maximum atomic E-state index is 14.2. The molecule has 0 spiro atoms. The molecule has 1 rings (SSSR count). The van der Waals surface area contributed by atoms with Gasteiger partial charge in [-0.15, -0.1) is 0 Å². The van der Waals surface area contributed by atoms with Crippen LogP contribution in [0, 0.1) is 11.7 Å². The zero-order valence-corrected chi connectivity index (χ0v) is 11.9. The van der Waals surface area contributed by atoms with E-state index in [2.05, 4.69) is 32.6 Å². The van der Waals surface area contributed by atoms with Crippen LogP contribution in [0.3, 0.4) is 0 Å². The van der Waals surface area contributed by atoms with Crippen LogP contribution in [0.15, 0.2) is 18.2 Å². The van der Waals surface area contributed by atoms with Crippen LogP contribution in [0.2, 0.25) is 0 Å². The first-order valence-electron chi connectivity index (χ1n) is 6.71. The first kappa shape index (κ1) is 15.0. The lowest BCUT2D eigenvalue weighted by molar-refractivity contribution is 0.547. The molecule has 0 saturated heterocycles. The van der Waals surface area contributed by atoms with E-state index >= 15 is 0 Å². The second-order valence-electron chi connectivity index (χ2n) is 5.43. The van der Waals surface area contributed by atoms with Crippen molar-refractivity contribution >= 4 is 5.69 Å². The molecule has 2 N–H and O–H groups in total. The van der Waals surface area contributed by atoms with Crippen molar-refractivity contribution in [3.63, 3.8) is 0 Å². The van der Waals surface area contributed by atoms with Crippen LogP contribution in [0.25, 0.3) is 0 Å². The molecule has 102 valence electrons. The first-order chi connectivity index (χ1) is 8.47. The highest BCUT2D eigenvalue weighted by Gasteiger charge is 2.19. The number of hydrogen-bond acceptors (Lipinski definition) is 2. The Morgan fingerprint density at radius 3 is 2.39 bits per heavy atom. The molecule has 2 nitrogen and oxygen atoms in total. The van der Waals surface area contributed by atoms with Crippen molar-refractivity contribution in [2.45, 2.75) is 40.2 Å². The summed E-state index contributed by atoms with van der Waals surface area (Å²) in [7, 11) is 0. The third kappa shape index (κ3) is 3.70. The van der Waals surface area contributed by atoms with Gasteiger partial charge in [0, 0.05) is 12.6 Å². The Hall–Kier alpha value is -1.09. The number of halogens is 1. The van der Waals surface area contributed by atoms with E-state index in [9.17, 15) is 4.39 Å². The number of rotatable bonds is 6. The van der Waals surface area contributed by atoms with Gasteiger partial charge in [0.25, 0.3) is 0 Å². The Kier molecular flexibility index (Phi) is 5.60. The summed E-state index contributed by atoms with van der Waals surface area (Å²) in [5.74, 6) is 0.355. The number of nitrogens with zero attached hydrogens (tertiary/aromatic N) is 1. The van der Waals surface area contributed by atoms with Gasteiger partial charge in [0.2, 0.25) is 0 Å². The molecule has 0 aliphatic carbocycles. The molecule has 0 aliphatic rings. The molecule has 0 bridgehead atoms. The minimum atomic E-state index is -0.143. The molecule has 0 heterocycles. The highest BCUT2D eigenvalue weighted by atomic mass is 19.1. The summed E-state index contributed by atoms with van der Waals surface area (Å²) in [4.78, 5) is 2.14. The smallest absolute Gasteiger partial charge is 0.146 e. The predicted molar refractivity (Wildman–Crippen MR) is 76.5 cm³/mol. The Labute approximate surface area is 110 Å². The maximum absolute atomic E-state index is 14.2. The number of nitrogens with two attached hydrogens (primary N) is 1. The lowest BCUT2D eigenvalue weighted by atomic mass is 10.0. The van der Waals surface area contributed by atoms with Gasteiger partial charge in [-0.1, -0.05) is 26.0 Å².